The second-order valence-corrected chi connectivity index (χ2v) is 7.07. The minimum atomic E-state index is -0.282. The summed E-state index contributed by atoms with van der Waals surface area (Å²) in [6, 6.07) is 19.8. The second kappa shape index (κ2) is 6.97. The average Bonchev–Trinajstić information content (AvgIpc) is 2.92. The number of benzene rings is 3. The van der Waals surface area contributed by atoms with Crippen LogP contribution in [0.1, 0.15) is 23.6 Å². The number of aryl methyl sites for hydroxylation is 2. The van der Waals surface area contributed by atoms with Crippen LogP contribution in [0.25, 0.3) is 16.3 Å². The molecule has 140 valence electrons. The number of carbonyl (C=O) groups excluding carboxylic acids is 2. The van der Waals surface area contributed by atoms with Crippen molar-refractivity contribution in [2.24, 2.45) is 0 Å². The van der Waals surface area contributed by atoms with Gasteiger partial charge in [-0.25, -0.2) is 0 Å². The molecule has 0 bridgehead atoms. The quantitative estimate of drug-likeness (QED) is 0.679. The van der Waals surface area contributed by atoms with Crippen LogP contribution in [0.15, 0.2) is 66.4 Å². The fraction of sp³-hybridized carbons (Fsp3) is 0.167. The second-order valence-electron chi connectivity index (χ2n) is 7.07. The maximum atomic E-state index is 13.1. The summed E-state index contributed by atoms with van der Waals surface area (Å²) in [5.74, 6) is -0.530. The lowest BCUT2D eigenvalue weighted by Gasteiger charge is -2.13. The van der Waals surface area contributed by atoms with E-state index in [9.17, 15) is 9.59 Å². The van der Waals surface area contributed by atoms with Crippen molar-refractivity contribution in [2.45, 2.75) is 20.8 Å². The van der Waals surface area contributed by atoms with Crippen molar-refractivity contribution in [2.75, 3.05) is 11.9 Å². The van der Waals surface area contributed by atoms with Gasteiger partial charge in [0.05, 0.1) is 5.57 Å². The van der Waals surface area contributed by atoms with E-state index in [2.05, 4.69) is 5.32 Å². The third kappa shape index (κ3) is 2.87. The lowest BCUT2D eigenvalue weighted by Crippen LogP contribution is -2.32. The summed E-state index contributed by atoms with van der Waals surface area (Å²) in [7, 11) is 0. The van der Waals surface area contributed by atoms with E-state index in [1.165, 1.54) is 4.90 Å². The Hall–Kier alpha value is -3.40. The Morgan fingerprint density at radius 1 is 0.893 bits per heavy atom. The normalized spacial score (nSPS) is 14.3. The lowest BCUT2D eigenvalue weighted by molar-refractivity contribution is -0.136. The van der Waals surface area contributed by atoms with Gasteiger partial charge in [-0.3, -0.25) is 14.5 Å². The Morgan fingerprint density at radius 2 is 1.64 bits per heavy atom. The lowest BCUT2D eigenvalue weighted by atomic mass is 9.97. The number of nitrogens with one attached hydrogen (secondary N) is 1. The minimum Gasteiger partial charge on any atom is -0.350 e. The Kier molecular flexibility index (Phi) is 4.47. The van der Waals surface area contributed by atoms with Crippen molar-refractivity contribution in [3.63, 3.8) is 0 Å². The fourth-order valence-electron chi connectivity index (χ4n) is 3.79. The van der Waals surface area contributed by atoms with Gasteiger partial charge in [0.25, 0.3) is 11.8 Å². The molecule has 1 N–H and O–H groups in total. The Balaban J connectivity index is 1.90. The number of carbonyl (C=O) groups is 2. The van der Waals surface area contributed by atoms with Gasteiger partial charge in [0, 0.05) is 17.6 Å². The van der Waals surface area contributed by atoms with E-state index in [1.54, 1.807) is 0 Å². The summed E-state index contributed by atoms with van der Waals surface area (Å²) in [4.78, 5) is 27.4. The largest absolute Gasteiger partial charge is 0.350 e. The highest BCUT2D eigenvalue weighted by Gasteiger charge is 2.38. The number of fused-ring (bicyclic) bond motifs is 1. The molecule has 0 unspecified atom stereocenters. The highest BCUT2D eigenvalue weighted by atomic mass is 16.2. The van der Waals surface area contributed by atoms with Crippen molar-refractivity contribution in [1.82, 2.24) is 4.90 Å². The van der Waals surface area contributed by atoms with Crippen LogP contribution < -0.4 is 5.32 Å². The highest BCUT2D eigenvalue weighted by molar-refractivity contribution is 6.37. The molecule has 0 aliphatic carbocycles. The number of likely N-dealkylation sites (N-methyl/N-ethyl adjacent to an activating group) is 1. The molecular weight excluding hydrogens is 348 g/mol. The van der Waals surface area contributed by atoms with E-state index in [0.29, 0.717) is 17.8 Å². The van der Waals surface area contributed by atoms with Gasteiger partial charge in [-0.05, 0) is 43.4 Å². The maximum Gasteiger partial charge on any atom is 0.278 e. The first kappa shape index (κ1) is 18.0. The number of anilines is 1. The number of amides is 2. The number of rotatable bonds is 4. The van der Waals surface area contributed by atoms with Crippen molar-refractivity contribution < 1.29 is 9.59 Å². The predicted octanol–water partition coefficient (Wildman–Crippen LogP) is 4.67. The minimum absolute atomic E-state index is 0.248. The molecule has 0 spiro atoms. The van der Waals surface area contributed by atoms with Gasteiger partial charge in [-0.15, -0.1) is 0 Å². The van der Waals surface area contributed by atoms with Crippen LogP contribution in [0.3, 0.4) is 0 Å². The molecule has 4 rings (SSSR count). The van der Waals surface area contributed by atoms with Gasteiger partial charge in [-0.2, -0.15) is 0 Å². The van der Waals surface area contributed by atoms with Crippen molar-refractivity contribution in [1.29, 1.82) is 0 Å². The molecule has 2 amide bonds. The first-order chi connectivity index (χ1) is 13.5. The van der Waals surface area contributed by atoms with Gasteiger partial charge in [0.15, 0.2) is 0 Å². The standard InChI is InChI=1S/C24H22N2O2/c1-4-26-23(27)21(18-13-12-15(2)14-16(18)3)22(24(26)28)25-20-11-7-9-17-8-5-6-10-19(17)20/h5-14,25H,4H2,1-3H3. The van der Waals surface area contributed by atoms with Crippen LogP contribution in [-0.2, 0) is 9.59 Å². The smallest absolute Gasteiger partial charge is 0.278 e. The van der Waals surface area contributed by atoms with Crippen LogP contribution in [0.2, 0.25) is 0 Å². The third-order valence-corrected chi connectivity index (χ3v) is 5.18. The summed E-state index contributed by atoms with van der Waals surface area (Å²) < 4.78 is 0. The van der Waals surface area contributed by atoms with Crippen LogP contribution in [0, 0.1) is 13.8 Å². The van der Waals surface area contributed by atoms with Crippen LogP contribution in [-0.4, -0.2) is 23.3 Å². The van der Waals surface area contributed by atoms with E-state index in [0.717, 1.165) is 33.2 Å². The molecule has 0 saturated heterocycles. The van der Waals surface area contributed by atoms with Gasteiger partial charge in [0.1, 0.15) is 5.70 Å². The molecule has 1 aliphatic rings. The number of nitrogens with zero attached hydrogens (tertiary/aromatic N) is 1. The Bertz CT molecular complexity index is 1140. The molecule has 0 saturated carbocycles. The molecule has 0 radical (unpaired) electrons. The topological polar surface area (TPSA) is 49.4 Å². The molecular formula is C24H22N2O2. The Labute approximate surface area is 164 Å². The van der Waals surface area contributed by atoms with Crippen LogP contribution >= 0.6 is 0 Å². The summed E-state index contributed by atoms with van der Waals surface area (Å²) in [5.41, 5.74) is 4.49. The average molecular weight is 370 g/mol. The number of hydrogen-bond acceptors (Lipinski definition) is 3. The molecule has 0 atom stereocenters. The monoisotopic (exact) mass is 370 g/mol. The molecule has 0 aromatic heterocycles. The highest BCUT2D eigenvalue weighted by Crippen LogP contribution is 2.34. The first-order valence-corrected chi connectivity index (χ1v) is 9.44. The predicted molar refractivity (Wildman–Crippen MR) is 113 cm³/mol. The maximum absolute atomic E-state index is 13.1. The molecule has 0 fully saturated rings. The van der Waals surface area contributed by atoms with Crippen LogP contribution in [0.5, 0.6) is 0 Å². The van der Waals surface area contributed by atoms with Gasteiger partial charge in [0.2, 0.25) is 0 Å². The molecule has 28 heavy (non-hydrogen) atoms. The van der Waals surface area contributed by atoms with Crippen molar-refractivity contribution in [3.05, 3.63) is 83.1 Å². The molecule has 1 heterocycles. The van der Waals surface area contributed by atoms with E-state index in [4.69, 9.17) is 0 Å². The van der Waals surface area contributed by atoms with Crippen molar-refractivity contribution in [3.8, 4) is 0 Å². The molecule has 1 aliphatic heterocycles. The molecule has 3 aromatic rings. The number of hydrogen-bond donors (Lipinski definition) is 1. The zero-order valence-electron chi connectivity index (χ0n) is 16.2. The summed E-state index contributed by atoms with van der Waals surface area (Å²) in [5, 5.41) is 5.37. The van der Waals surface area contributed by atoms with Gasteiger partial charge in [-0.1, -0.05) is 60.2 Å². The zero-order valence-corrected chi connectivity index (χ0v) is 16.2. The first-order valence-electron chi connectivity index (χ1n) is 9.44. The van der Waals surface area contributed by atoms with Crippen molar-refractivity contribution >= 4 is 33.8 Å². The summed E-state index contributed by atoms with van der Waals surface area (Å²) in [6.45, 7) is 6.14. The van der Waals surface area contributed by atoms with E-state index in [-0.39, 0.29) is 11.8 Å². The number of imide groups is 1. The van der Waals surface area contributed by atoms with Gasteiger partial charge >= 0.3 is 0 Å². The van der Waals surface area contributed by atoms with Crippen LogP contribution in [0.4, 0.5) is 5.69 Å². The van der Waals surface area contributed by atoms with E-state index >= 15 is 0 Å². The molecule has 3 aromatic carbocycles. The SMILES string of the molecule is CCN1C(=O)C(Nc2cccc3ccccc23)=C(c2ccc(C)cc2C)C1=O. The van der Waals surface area contributed by atoms with E-state index < -0.39 is 0 Å². The Morgan fingerprint density at radius 3 is 2.39 bits per heavy atom. The molecule has 4 heteroatoms. The molecule has 4 nitrogen and oxygen atoms in total. The zero-order chi connectivity index (χ0) is 19.8. The summed E-state index contributed by atoms with van der Waals surface area (Å²) in [6.07, 6.45) is 0. The third-order valence-electron chi connectivity index (χ3n) is 5.18. The van der Waals surface area contributed by atoms with E-state index in [1.807, 2.05) is 81.4 Å². The van der Waals surface area contributed by atoms with Gasteiger partial charge < -0.3 is 5.32 Å². The fourth-order valence-corrected chi connectivity index (χ4v) is 3.79. The summed E-state index contributed by atoms with van der Waals surface area (Å²) >= 11 is 0.